The minimum atomic E-state index is -2.47. The minimum Gasteiger partial charge on any atom is -0.459 e. The molecular formula is C42H18Br14O7. The molecule has 7 rings (SSSR count). The summed E-state index contributed by atoms with van der Waals surface area (Å²) in [7, 11) is 0. The smallest absolute Gasteiger partial charge is 0.371 e. The van der Waals surface area contributed by atoms with Crippen LogP contribution in [0.1, 0.15) is 0 Å². The molecule has 0 fully saturated rings. The first-order chi connectivity index (χ1) is 29.9. The summed E-state index contributed by atoms with van der Waals surface area (Å²) in [5.74, 6) is -0.665. The van der Waals surface area contributed by atoms with E-state index in [-0.39, 0.29) is 33.3 Å². The highest BCUT2D eigenvalue weighted by Crippen LogP contribution is 2.58. The third-order valence-corrected chi connectivity index (χ3v) is 16.8. The van der Waals surface area contributed by atoms with Crippen molar-refractivity contribution >= 4 is 223 Å². The van der Waals surface area contributed by atoms with Crippen LogP contribution >= 0.6 is 223 Å². The zero-order valence-electron chi connectivity index (χ0n) is 30.5. The van der Waals surface area contributed by atoms with Gasteiger partial charge in [-0.2, -0.15) is 0 Å². The summed E-state index contributed by atoms with van der Waals surface area (Å²) < 4.78 is 41.7. The lowest BCUT2D eigenvalue weighted by Crippen LogP contribution is -2.66. The Balaban J connectivity index is 1.64. The van der Waals surface area contributed by atoms with Gasteiger partial charge in [0, 0.05) is 26.8 Å². The van der Waals surface area contributed by atoms with Gasteiger partial charge >= 0.3 is 5.79 Å². The van der Waals surface area contributed by atoms with Crippen LogP contribution in [0.3, 0.4) is 0 Å². The van der Waals surface area contributed by atoms with Crippen LogP contribution in [0, 0.1) is 0 Å². The van der Waals surface area contributed by atoms with Gasteiger partial charge in [-0.1, -0.05) is 95.6 Å². The van der Waals surface area contributed by atoms with Crippen LogP contribution in [0.5, 0.6) is 34.5 Å². The summed E-state index contributed by atoms with van der Waals surface area (Å²) in [6, 6.07) is 32.4. The molecule has 21 heteroatoms. The first-order valence-electron chi connectivity index (χ1n) is 17.2. The van der Waals surface area contributed by atoms with Gasteiger partial charge in [-0.05, 0) is 237 Å². The Morgan fingerprint density at radius 1 is 0.333 bits per heavy atom. The molecular weight excluding hydrogens is 1740 g/mol. The van der Waals surface area contributed by atoms with Crippen molar-refractivity contribution in [3.05, 3.63) is 185 Å². The Morgan fingerprint density at radius 3 is 1.03 bits per heavy atom. The van der Waals surface area contributed by atoms with Crippen molar-refractivity contribution in [3.8, 4) is 34.5 Å². The van der Waals surface area contributed by atoms with Crippen LogP contribution in [0.25, 0.3) is 0 Å². The van der Waals surface area contributed by atoms with E-state index in [1.54, 1.807) is 54.6 Å². The van der Waals surface area contributed by atoms with E-state index in [4.69, 9.17) is 33.5 Å². The second-order valence-corrected chi connectivity index (χ2v) is 25.2. The molecule has 6 aromatic rings. The highest BCUT2D eigenvalue weighted by atomic mass is 79.9. The molecule has 1 aliphatic rings. The van der Waals surface area contributed by atoms with Crippen LogP contribution in [-0.4, -0.2) is 10.3 Å². The molecule has 0 heterocycles. The predicted octanol–water partition coefficient (Wildman–Crippen LogP) is 20.2. The Labute approximate surface area is 478 Å². The van der Waals surface area contributed by atoms with E-state index >= 15 is 0 Å². The molecule has 326 valence electrons. The number of ether oxygens (including phenoxy) is 5. The first-order valence-corrected chi connectivity index (χ1v) is 28.3. The van der Waals surface area contributed by atoms with Crippen LogP contribution in [0.2, 0.25) is 0 Å². The molecule has 0 aromatic heterocycles. The van der Waals surface area contributed by atoms with Crippen molar-refractivity contribution in [2.75, 3.05) is 0 Å². The Hall–Kier alpha value is 0.280. The van der Waals surface area contributed by atoms with Crippen LogP contribution < -0.4 is 28.6 Å². The normalized spacial score (nSPS) is 17.4. The van der Waals surface area contributed by atoms with Crippen molar-refractivity contribution in [2.45, 2.75) is 10.3 Å². The van der Waals surface area contributed by atoms with Crippen LogP contribution in [0.4, 0.5) is 0 Å². The van der Waals surface area contributed by atoms with Gasteiger partial charge in [-0.25, -0.2) is 0 Å². The van der Waals surface area contributed by atoms with E-state index in [0.29, 0.717) is 49.8 Å². The monoisotopic (exact) mass is 1740 g/mol. The first kappa shape index (κ1) is 51.1. The Morgan fingerprint density at radius 2 is 0.651 bits per heavy atom. The second kappa shape index (κ2) is 21.9. The van der Waals surface area contributed by atoms with Crippen LogP contribution in [-0.2, 0) is 4.89 Å². The topological polar surface area (TPSA) is 64.6 Å². The SMILES string of the molecule is BrC1=C(Oc2ccc(Br)cc2Br)C(Br)(Oc2ccc(Br)cc2Br)C(OOc2ccc(Br)cc2Br)(Oc2ccc(Br)cc2Br)C(Oc2ccc(Br)cc2Br)=C1Oc1ccc(Br)cc1Br. The lowest BCUT2D eigenvalue weighted by atomic mass is 9.97. The van der Waals surface area contributed by atoms with Crippen LogP contribution in [0.15, 0.2) is 185 Å². The molecule has 0 N–H and O–H groups in total. The van der Waals surface area contributed by atoms with E-state index < -0.39 is 10.3 Å². The van der Waals surface area contributed by atoms with Crippen molar-refractivity contribution in [2.24, 2.45) is 0 Å². The summed E-state index contributed by atoms with van der Waals surface area (Å²) in [5, 5.41) is 0. The summed E-state index contributed by atoms with van der Waals surface area (Å²) in [5.41, 5.74) is 0. The maximum Gasteiger partial charge on any atom is 0.371 e. The largest absolute Gasteiger partial charge is 0.459 e. The molecule has 0 radical (unpaired) electrons. The fraction of sp³-hybridized carbons (Fsp3) is 0.0476. The number of hydrogen-bond donors (Lipinski definition) is 0. The molecule has 1 aliphatic carbocycles. The average Bonchev–Trinajstić information content (AvgIpc) is 3.21. The molecule has 0 amide bonds. The fourth-order valence-electron chi connectivity index (χ4n) is 5.51. The van der Waals surface area contributed by atoms with Crippen molar-refractivity contribution in [3.63, 3.8) is 0 Å². The molecule has 6 aromatic carbocycles. The summed E-state index contributed by atoms with van der Waals surface area (Å²) in [4.78, 5) is 13.3. The number of allylic oxidation sites excluding steroid dienone is 1. The van der Waals surface area contributed by atoms with Gasteiger partial charge in [0.05, 0.1) is 26.8 Å². The third kappa shape index (κ3) is 11.7. The number of rotatable bonds is 13. The highest BCUT2D eigenvalue weighted by Gasteiger charge is 2.71. The summed E-state index contributed by atoms with van der Waals surface area (Å²) in [6.45, 7) is 0. The molecule has 0 bridgehead atoms. The zero-order chi connectivity index (χ0) is 45.4. The second-order valence-electron chi connectivity index (χ2n) is 12.6. The number of benzene rings is 6. The maximum atomic E-state index is 7.30. The van der Waals surface area contributed by atoms with Crippen molar-refractivity contribution < 1.29 is 33.5 Å². The quantitative estimate of drug-likeness (QED) is 0.0494. The lowest BCUT2D eigenvalue weighted by Gasteiger charge is -2.47. The molecule has 0 aliphatic heterocycles. The zero-order valence-corrected chi connectivity index (χ0v) is 52.7. The average molecular weight is 1750 g/mol. The van der Waals surface area contributed by atoms with Crippen molar-refractivity contribution in [1.82, 2.24) is 0 Å². The molecule has 0 saturated carbocycles. The van der Waals surface area contributed by atoms with Crippen molar-refractivity contribution in [1.29, 1.82) is 0 Å². The standard InChI is InChI=1S/C42H18Br14O7/c43-19-1-7-31(25(49)13-19)57-38-37(55)39(58-32-8-2-20(44)14-26(32)50)41(56,60-34-10-4-22(46)16-28(34)52)42(61-35-11-5-23(47)17-29(35)53,63-62-36-12-6-24(48)18-30(36)54)40(38)59-33-9-3-21(45)15-27(33)51/h1-18H. The van der Waals surface area contributed by atoms with E-state index in [9.17, 15) is 0 Å². The Kier molecular flexibility index (Phi) is 17.8. The molecule has 7 nitrogen and oxygen atoms in total. The lowest BCUT2D eigenvalue weighted by molar-refractivity contribution is -0.373. The minimum absolute atomic E-state index is 0.0244. The molecule has 2 unspecified atom stereocenters. The number of alkyl halides is 1. The maximum absolute atomic E-state index is 7.30. The molecule has 0 spiro atoms. The van der Waals surface area contributed by atoms with Gasteiger partial charge in [0.1, 0.15) is 33.2 Å². The van der Waals surface area contributed by atoms with E-state index in [1.165, 1.54) is 0 Å². The van der Waals surface area contributed by atoms with Gasteiger partial charge in [-0.15, -0.1) is 4.89 Å². The number of hydrogen-bond acceptors (Lipinski definition) is 7. The molecule has 0 saturated heterocycles. The third-order valence-electron chi connectivity index (χ3n) is 8.37. The van der Waals surface area contributed by atoms with Gasteiger partial charge in [0.15, 0.2) is 17.3 Å². The van der Waals surface area contributed by atoms with E-state index in [0.717, 1.165) is 26.8 Å². The Bertz CT molecular complexity index is 2820. The van der Waals surface area contributed by atoms with E-state index in [1.807, 2.05) is 54.6 Å². The molecule has 63 heavy (non-hydrogen) atoms. The van der Waals surface area contributed by atoms with Gasteiger partial charge in [0.25, 0.3) is 4.51 Å². The highest BCUT2D eigenvalue weighted by molar-refractivity contribution is 9.13. The van der Waals surface area contributed by atoms with E-state index in [2.05, 4.69) is 223 Å². The summed E-state index contributed by atoms with van der Waals surface area (Å²) in [6.07, 6.45) is 0. The van der Waals surface area contributed by atoms with Gasteiger partial charge in [0.2, 0.25) is 5.76 Å². The molecule has 2 atom stereocenters. The summed E-state index contributed by atoms with van der Waals surface area (Å²) >= 11 is 51.5. The van der Waals surface area contributed by atoms with Gasteiger partial charge in [-0.3, -0.25) is 0 Å². The fourth-order valence-corrected chi connectivity index (χ4v) is 13.9. The number of halogens is 14. The predicted molar refractivity (Wildman–Crippen MR) is 293 cm³/mol. The van der Waals surface area contributed by atoms with Gasteiger partial charge < -0.3 is 28.6 Å².